The Balaban J connectivity index is 1.92. The summed E-state index contributed by atoms with van der Waals surface area (Å²) in [4.78, 5) is 21.2. The maximum absolute atomic E-state index is 13.0. The van der Waals surface area contributed by atoms with Gasteiger partial charge in [0.05, 0.1) is 17.9 Å². The molecule has 0 saturated carbocycles. The van der Waals surface area contributed by atoms with Crippen LogP contribution in [0.2, 0.25) is 0 Å². The van der Waals surface area contributed by atoms with Gasteiger partial charge in [-0.25, -0.2) is 14.7 Å². The zero-order chi connectivity index (χ0) is 19.5. The van der Waals surface area contributed by atoms with E-state index in [4.69, 9.17) is 4.74 Å². The first-order valence-corrected chi connectivity index (χ1v) is 8.68. The molecule has 8 heteroatoms. The number of aromatic hydroxyl groups is 1. The van der Waals surface area contributed by atoms with E-state index in [0.29, 0.717) is 40.3 Å². The van der Waals surface area contributed by atoms with Crippen molar-refractivity contribution < 1.29 is 9.84 Å². The number of hydrogen-bond acceptors (Lipinski definition) is 6. The van der Waals surface area contributed by atoms with E-state index >= 15 is 0 Å². The van der Waals surface area contributed by atoms with Crippen LogP contribution in [0.25, 0.3) is 16.5 Å². The average molecular weight is 375 g/mol. The molecule has 8 nitrogen and oxygen atoms in total. The minimum absolute atomic E-state index is 0.212. The Morgan fingerprint density at radius 2 is 1.93 bits per heavy atom. The Bertz CT molecular complexity index is 1200. The van der Waals surface area contributed by atoms with Gasteiger partial charge in [-0.15, -0.1) is 0 Å². The van der Waals surface area contributed by atoms with Crippen molar-refractivity contribution in [2.75, 3.05) is 6.61 Å². The molecule has 2 aromatic heterocycles. The summed E-state index contributed by atoms with van der Waals surface area (Å²) in [6, 6.07) is 14.0. The van der Waals surface area contributed by atoms with E-state index in [9.17, 15) is 9.90 Å². The molecule has 0 fully saturated rings. The van der Waals surface area contributed by atoms with E-state index in [1.54, 1.807) is 48.5 Å². The third-order valence-corrected chi connectivity index (χ3v) is 4.23. The normalized spacial score (nSPS) is 11.3. The first-order valence-electron chi connectivity index (χ1n) is 8.68. The minimum atomic E-state index is -0.325. The maximum Gasteiger partial charge on any atom is 0.265 e. The van der Waals surface area contributed by atoms with Crippen molar-refractivity contribution in [2.45, 2.75) is 6.92 Å². The number of hydrogen-bond donors (Lipinski definition) is 2. The molecule has 0 amide bonds. The molecule has 0 aliphatic carbocycles. The molecule has 4 aromatic rings. The predicted octanol–water partition coefficient (Wildman–Crippen LogP) is 2.96. The van der Waals surface area contributed by atoms with Crippen molar-refractivity contribution in [3.63, 3.8) is 0 Å². The van der Waals surface area contributed by atoms with Gasteiger partial charge >= 0.3 is 0 Å². The number of rotatable bonds is 5. The van der Waals surface area contributed by atoms with Crippen LogP contribution in [0.3, 0.4) is 0 Å². The summed E-state index contributed by atoms with van der Waals surface area (Å²) in [6.45, 7) is 2.44. The molecule has 2 N–H and O–H groups in total. The van der Waals surface area contributed by atoms with Gasteiger partial charge in [-0.05, 0) is 37.3 Å². The Labute approximate surface area is 159 Å². The van der Waals surface area contributed by atoms with Gasteiger partial charge in [0, 0.05) is 17.0 Å². The van der Waals surface area contributed by atoms with Gasteiger partial charge in [0.2, 0.25) is 11.8 Å². The van der Waals surface area contributed by atoms with E-state index < -0.39 is 0 Å². The zero-order valence-corrected chi connectivity index (χ0v) is 15.0. The van der Waals surface area contributed by atoms with Crippen molar-refractivity contribution in [3.8, 4) is 17.3 Å². The molecule has 140 valence electrons. The molecule has 0 aliphatic rings. The van der Waals surface area contributed by atoms with Gasteiger partial charge in [0.1, 0.15) is 12.1 Å². The van der Waals surface area contributed by atoms with Gasteiger partial charge in [0.15, 0.2) is 0 Å². The van der Waals surface area contributed by atoms with Crippen LogP contribution in [-0.2, 0) is 0 Å². The van der Waals surface area contributed by atoms with Gasteiger partial charge in [0.25, 0.3) is 5.56 Å². The Morgan fingerprint density at radius 1 is 1.18 bits per heavy atom. The van der Waals surface area contributed by atoms with Crippen LogP contribution in [0.15, 0.2) is 64.6 Å². The van der Waals surface area contributed by atoms with Crippen LogP contribution in [0.4, 0.5) is 5.95 Å². The quantitative estimate of drug-likeness (QED) is 0.522. The van der Waals surface area contributed by atoms with E-state index in [-0.39, 0.29) is 11.4 Å². The van der Waals surface area contributed by atoms with Gasteiger partial charge in [-0.1, -0.05) is 18.2 Å². The lowest BCUT2D eigenvalue weighted by molar-refractivity contribution is 0.340. The zero-order valence-electron chi connectivity index (χ0n) is 15.0. The summed E-state index contributed by atoms with van der Waals surface area (Å²) in [5.41, 5.74) is 0.598. The number of fused-ring (bicyclic) bond motifs is 1. The molecule has 4 rings (SSSR count). The summed E-state index contributed by atoms with van der Waals surface area (Å²) in [5, 5.41) is 18.3. The molecule has 0 bridgehead atoms. The van der Waals surface area contributed by atoms with E-state index in [0.717, 1.165) is 0 Å². The number of nitrogens with zero attached hydrogens (tertiary/aromatic N) is 4. The molecule has 0 unspecified atom stereocenters. The highest BCUT2D eigenvalue weighted by atomic mass is 16.5. The number of aromatic nitrogens is 4. The molecule has 0 saturated heterocycles. The maximum atomic E-state index is 13.0. The van der Waals surface area contributed by atoms with Crippen molar-refractivity contribution in [1.29, 1.82) is 0 Å². The Kier molecular flexibility index (Phi) is 4.59. The first-order chi connectivity index (χ1) is 13.7. The summed E-state index contributed by atoms with van der Waals surface area (Å²) in [6.07, 6.45) is 2.80. The summed E-state index contributed by atoms with van der Waals surface area (Å²) >= 11 is 0. The predicted molar refractivity (Wildman–Crippen MR) is 106 cm³/mol. The molecule has 0 radical (unpaired) electrons. The second-order valence-electron chi connectivity index (χ2n) is 5.92. The first kappa shape index (κ1) is 17.5. The Morgan fingerprint density at radius 3 is 2.61 bits per heavy atom. The van der Waals surface area contributed by atoms with Crippen LogP contribution < -0.4 is 10.3 Å². The second-order valence-corrected chi connectivity index (χ2v) is 5.92. The highest BCUT2D eigenvalue weighted by molar-refractivity contribution is 6.02. The standard InChI is InChI=1S/C20H17N5O3/c1-2-28-14-9-7-13(8-10-14)25-18(26)16-6-4-3-5-15(16)17(19(25)27)11-21-20-22-12-23-24-20/h3-12,27H,2H2,1H3,(H,22,23,24). The number of H-pyrrole nitrogens is 1. The summed E-state index contributed by atoms with van der Waals surface area (Å²) < 4.78 is 6.69. The average Bonchev–Trinajstić information content (AvgIpc) is 3.23. The van der Waals surface area contributed by atoms with E-state index in [1.165, 1.54) is 17.1 Å². The number of nitrogens with one attached hydrogen (secondary N) is 1. The molecule has 2 heterocycles. The number of aliphatic imine (C=N–C) groups is 1. The third kappa shape index (κ3) is 3.11. The lowest BCUT2D eigenvalue weighted by Crippen LogP contribution is -2.20. The monoisotopic (exact) mass is 375 g/mol. The van der Waals surface area contributed by atoms with Crippen LogP contribution in [-0.4, -0.2) is 37.7 Å². The number of pyridine rings is 1. The van der Waals surface area contributed by atoms with Crippen LogP contribution in [0, 0.1) is 0 Å². The van der Waals surface area contributed by atoms with E-state index in [2.05, 4.69) is 20.2 Å². The highest BCUT2D eigenvalue weighted by Gasteiger charge is 2.16. The van der Waals surface area contributed by atoms with Crippen LogP contribution in [0.5, 0.6) is 11.6 Å². The summed E-state index contributed by atoms with van der Waals surface area (Å²) in [7, 11) is 0. The molecule has 2 aromatic carbocycles. The fourth-order valence-electron chi connectivity index (χ4n) is 2.97. The molecule has 0 aliphatic heterocycles. The third-order valence-electron chi connectivity index (χ3n) is 4.23. The molecular weight excluding hydrogens is 358 g/mol. The fraction of sp³-hybridized carbons (Fsp3) is 0.100. The van der Waals surface area contributed by atoms with Gasteiger partial charge in [-0.2, -0.15) is 10.1 Å². The number of aromatic amines is 1. The van der Waals surface area contributed by atoms with Crippen LogP contribution >= 0.6 is 0 Å². The number of ether oxygens (including phenoxy) is 1. The lowest BCUT2D eigenvalue weighted by atomic mass is 10.1. The van der Waals surface area contributed by atoms with Crippen molar-refractivity contribution >= 4 is 22.9 Å². The second kappa shape index (κ2) is 7.36. The van der Waals surface area contributed by atoms with Crippen molar-refractivity contribution in [2.24, 2.45) is 4.99 Å². The fourth-order valence-corrected chi connectivity index (χ4v) is 2.97. The smallest absolute Gasteiger partial charge is 0.265 e. The molecule has 28 heavy (non-hydrogen) atoms. The van der Waals surface area contributed by atoms with Gasteiger partial charge < -0.3 is 9.84 Å². The molecule has 0 spiro atoms. The minimum Gasteiger partial charge on any atom is -0.494 e. The largest absolute Gasteiger partial charge is 0.494 e. The highest BCUT2D eigenvalue weighted by Crippen LogP contribution is 2.27. The van der Waals surface area contributed by atoms with E-state index in [1.807, 2.05) is 6.92 Å². The SMILES string of the molecule is CCOc1ccc(-n2c(O)c(C=Nc3ncn[nH]3)c3ccccc3c2=O)cc1. The van der Waals surface area contributed by atoms with Crippen molar-refractivity contribution in [1.82, 2.24) is 19.7 Å². The molecule has 0 atom stereocenters. The molecular formula is C20H17N5O3. The Hall–Kier alpha value is -3.94. The topological polar surface area (TPSA) is 105 Å². The van der Waals surface area contributed by atoms with Crippen LogP contribution in [0.1, 0.15) is 12.5 Å². The lowest BCUT2D eigenvalue weighted by Gasteiger charge is -2.14. The summed E-state index contributed by atoms with van der Waals surface area (Å²) in [5.74, 6) is 0.769. The number of benzene rings is 2. The van der Waals surface area contributed by atoms with Crippen molar-refractivity contribution in [3.05, 3.63) is 70.8 Å². The van der Waals surface area contributed by atoms with Gasteiger partial charge in [-0.3, -0.25) is 4.79 Å².